The summed E-state index contributed by atoms with van der Waals surface area (Å²) in [5.41, 5.74) is 1.14. The van der Waals surface area contributed by atoms with Gasteiger partial charge in [0.05, 0.1) is 12.1 Å². The Hall–Kier alpha value is -2.47. The van der Waals surface area contributed by atoms with Gasteiger partial charge in [0.2, 0.25) is 0 Å². The van der Waals surface area contributed by atoms with Crippen LogP contribution in [0.5, 0.6) is 5.75 Å². The highest BCUT2D eigenvalue weighted by Crippen LogP contribution is 2.25. The second kappa shape index (κ2) is 8.76. The lowest BCUT2D eigenvalue weighted by Gasteiger charge is -2.20. The Morgan fingerprint density at radius 3 is 3.04 bits per heavy atom. The summed E-state index contributed by atoms with van der Waals surface area (Å²) in [7, 11) is 3.45. The van der Waals surface area contributed by atoms with Crippen molar-refractivity contribution < 1.29 is 4.74 Å². The number of methoxy groups -OCH3 is 1. The lowest BCUT2D eigenvalue weighted by molar-refractivity contribution is 0.414. The maximum absolute atomic E-state index is 6.26. The number of pyridine rings is 1. The number of anilines is 1. The maximum atomic E-state index is 6.26. The van der Waals surface area contributed by atoms with Gasteiger partial charge in [0.15, 0.2) is 5.96 Å². The average Bonchev–Trinajstić information content (AvgIpc) is 3.14. The molecule has 0 spiro atoms. The molecule has 0 amide bonds. The first-order chi connectivity index (χ1) is 12.7. The van der Waals surface area contributed by atoms with Gasteiger partial charge in [0.25, 0.3) is 0 Å². The van der Waals surface area contributed by atoms with E-state index in [-0.39, 0.29) is 0 Å². The average molecular weight is 374 g/mol. The van der Waals surface area contributed by atoms with E-state index in [1.165, 1.54) is 0 Å². The Balaban J connectivity index is 1.53. The van der Waals surface area contributed by atoms with Crippen molar-refractivity contribution in [3.8, 4) is 5.75 Å². The minimum absolute atomic E-state index is 0.296. The second-order valence-electron chi connectivity index (χ2n) is 6.16. The van der Waals surface area contributed by atoms with E-state index >= 15 is 0 Å². The van der Waals surface area contributed by atoms with E-state index in [9.17, 15) is 0 Å². The summed E-state index contributed by atoms with van der Waals surface area (Å²) >= 11 is 6.26. The summed E-state index contributed by atoms with van der Waals surface area (Å²) < 4.78 is 5.26. The highest BCUT2D eigenvalue weighted by molar-refractivity contribution is 6.32. The number of hydrogen-bond donors (Lipinski definition) is 2. The van der Waals surface area contributed by atoms with Gasteiger partial charge in [-0.2, -0.15) is 0 Å². The number of benzene rings is 1. The van der Waals surface area contributed by atoms with Crippen molar-refractivity contribution >= 4 is 23.4 Å². The van der Waals surface area contributed by atoms with Gasteiger partial charge >= 0.3 is 0 Å². The molecular formula is C19H24ClN5O. The lowest BCUT2D eigenvalue weighted by atomic mass is 10.2. The normalized spacial score (nSPS) is 17.3. The Kier molecular flexibility index (Phi) is 6.17. The number of aromatic nitrogens is 1. The number of nitrogens with zero attached hydrogens (tertiary/aromatic N) is 3. The predicted octanol–water partition coefficient (Wildman–Crippen LogP) is 2.69. The summed E-state index contributed by atoms with van der Waals surface area (Å²) in [6.45, 7) is 2.44. The van der Waals surface area contributed by atoms with Crippen LogP contribution in [0, 0.1) is 0 Å². The Bertz CT molecular complexity index is 767. The van der Waals surface area contributed by atoms with Crippen LogP contribution in [0.1, 0.15) is 12.0 Å². The van der Waals surface area contributed by atoms with Crippen molar-refractivity contribution in [1.29, 1.82) is 0 Å². The SMILES string of the molecule is CN=C(NCc1cccc(OC)c1)NC1CCN(c2ncccc2Cl)C1. The zero-order valence-electron chi connectivity index (χ0n) is 15.1. The van der Waals surface area contributed by atoms with Crippen LogP contribution in [0.15, 0.2) is 47.6 Å². The molecule has 0 bridgehead atoms. The Morgan fingerprint density at radius 1 is 1.38 bits per heavy atom. The fourth-order valence-corrected chi connectivity index (χ4v) is 3.28. The molecule has 3 rings (SSSR count). The summed E-state index contributed by atoms with van der Waals surface area (Å²) in [5.74, 6) is 2.48. The zero-order valence-corrected chi connectivity index (χ0v) is 15.8. The molecule has 1 aliphatic heterocycles. The molecule has 0 aliphatic carbocycles. The molecule has 1 aromatic carbocycles. The van der Waals surface area contributed by atoms with E-state index in [4.69, 9.17) is 16.3 Å². The molecule has 138 valence electrons. The molecular weight excluding hydrogens is 350 g/mol. The summed E-state index contributed by atoms with van der Waals surface area (Å²) in [6.07, 6.45) is 2.78. The first kappa shape index (κ1) is 18.3. The predicted molar refractivity (Wildman–Crippen MR) is 106 cm³/mol. The molecule has 1 unspecified atom stereocenters. The molecule has 2 heterocycles. The van der Waals surface area contributed by atoms with Crippen molar-refractivity contribution in [2.45, 2.75) is 19.0 Å². The minimum atomic E-state index is 0.296. The van der Waals surface area contributed by atoms with E-state index in [0.29, 0.717) is 17.6 Å². The van der Waals surface area contributed by atoms with E-state index in [1.807, 2.05) is 30.3 Å². The number of guanidine groups is 1. The number of ether oxygens (including phenoxy) is 1. The van der Waals surface area contributed by atoms with Crippen LogP contribution in [-0.4, -0.2) is 44.2 Å². The first-order valence-corrected chi connectivity index (χ1v) is 9.03. The summed E-state index contributed by atoms with van der Waals surface area (Å²) in [5, 5.41) is 7.52. The standard InChI is InChI=1S/C19H24ClN5O/c1-21-19(23-12-14-5-3-6-16(11-14)26-2)24-15-8-10-25(13-15)18-17(20)7-4-9-22-18/h3-7,9,11,15H,8,10,12-13H2,1-2H3,(H2,21,23,24). The van der Waals surface area contributed by atoms with Gasteiger partial charge in [-0.15, -0.1) is 0 Å². The van der Waals surface area contributed by atoms with Crippen LogP contribution < -0.4 is 20.3 Å². The monoisotopic (exact) mass is 373 g/mol. The molecule has 1 aliphatic rings. The minimum Gasteiger partial charge on any atom is -0.497 e. The fraction of sp³-hybridized carbons (Fsp3) is 0.368. The van der Waals surface area contributed by atoms with Gasteiger partial charge in [-0.1, -0.05) is 23.7 Å². The molecule has 6 nitrogen and oxygen atoms in total. The van der Waals surface area contributed by atoms with Gasteiger partial charge in [-0.25, -0.2) is 4.98 Å². The fourth-order valence-electron chi connectivity index (χ4n) is 3.04. The number of halogens is 1. The van der Waals surface area contributed by atoms with Crippen LogP contribution in [-0.2, 0) is 6.54 Å². The van der Waals surface area contributed by atoms with Crippen LogP contribution >= 0.6 is 11.6 Å². The molecule has 1 aromatic heterocycles. The third-order valence-electron chi connectivity index (χ3n) is 4.39. The van der Waals surface area contributed by atoms with Crippen molar-refractivity contribution in [1.82, 2.24) is 15.6 Å². The van der Waals surface area contributed by atoms with E-state index in [0.717, 1.165) is 42.6 Å². The van der Waals surface area contributed by atoms with Crippen LogP contribution in [0.2, 0.25) is 5.02 Å². The van der Waals surface area contributed by atoms with Crippen molar-refractivity contribution in [2.24, 2.45) is 4.99 Å². The third-order valence-corrected chi connectivity index (χ3v) is 4.68. The first-order valence-electron chi connectivity index (χ1n) is 8.65. The molecule has 26 heavy (non-hydrogen) atoms. The van der Waals surface area contributed by atoms with Gasteiger partial charge in [-0.05, 0) is 36.2 Å². The molecule has 0 saturated carbocycles. The number of aliphatic imine (C=N–C) groups is 1. The maximum Gasteiger partial charge on any atom is 0.191 e. The summed E-state index contributed by atoms with van der Waals surface area (Å²) in [4.78, 5) is 10.9. The molecule has 2 aromatic rings. The quantitative estimate of drug-likeness (QED) is 0.623. The van der Waals surface area contributed by atoms with Crippen LogP contribution in [0.4, 0.5) is 5.82 Å². The summed E-state index contributed by atoms with van der Waals surface area (Å²) in [6, 6.07) is 12.0. The zero-order chi connectivity index (χ0) is 18.4. The molecule has 1 saturated heterocycles. The number of hydrogen-bond acceptors (Lipinski definition) is 4. The van der Waals surface area contributed by atoms with Crippen molar-refractivity contribution in [3.63, 3.8) is 0 Å². The molecule has 7 heteroatoms. The molecule has 0 radical (unpaired) electrons. The third kappa shape index (κ3) is 4.58. The largest absolute Gasteiger partial charge is 0.497 e. The number of nitrogens with one attached hydrogen (secondary N) is 2. The van der Waals surface area contributed by atoms with E-state index in [1.54, 1.807) is 20.4 Å². The topological polar surface area (TPSA) is 61.8 Å². The smallest absolute Gasteiger partial charge is 0.191 e. The molecule has 1 atom stereocenters. The van der Waals surface area contributed by atoms with Crippen molar-refractivity contribution in [2.75, 3.05) is 32.1 Å². The van der Waals surface area contributed by atoms with Crippen LogP contribution in [0.3, 0.4) is 0 Å². The van der Waals surface area contributed by atoms with Crippen LogP contribution in [0.25, 0.3) is 0 Å². The van der Waals surface area contributed by atoms with E-state index in [2.05, 4.69) is 31.6 Å². The number of rotatable bonds is 5. The second-order valence-corrected chi connectivity index (χ2v) is 6.57. The Morgan fingerprint density at radius 2 is 2.27 bits per heavy atom. The lowest BCUT2D eigenvalue weighted by Crippen LogP contribution is -2.44. The molecule has 1 fully saturated rings. The van der Waals surface area contributed by atoms with Gasteiger partial charge in [0, 0.05) is 38.9 Å². The highest BCUT2D eigenvalue weighted by Gasteiger charge is 2.25. The van der Waals surface area contributed by atoms with Gasteiger partial charge in [0.1, 0.15) is 11.6 Å². The molecule has 2 N–H and O–H groups in total. The van der Waals surface area contributed by atoms with E-state index < -0.39 is 0 Å². The Labute approximate surface area is 159 Å². The van der Waals surface area contributed by atoms with Gasteiger partial charge < -0.3 is 20.3 Å². The van der Waals surface area contributed by atoms with Gasteiger partial charge in [-0.3, -0.25) is 4.99 Å². The van der Waals surface area contributed by atoms with Crippen molar-refractivity contribution in [3.05, 3.63) is 53.2 Å². The highest BCUT2D eigenvalue weighted by atomic mass is 35.5.